The van der Waals surface area contributed by atoms with Gasteiger partial charge in [-0.3, -0.25) is 14.1 Å². The van der Waals surface area contributed by atoms with Gasteiger partial charge in [0.05, 0.1) is 19.3 Å². The van der Waals surface area contributed by atoms with E-state index in [-0.39, 0.29) is 12.2 Å². The molecule has 3 rings (SSSR count). The fourth-order valence-corrected chi connectivity index (χ4v) is 5.46. The van der Waals surface area contributed by atoms with E-state index in [1.165, 1.54) is 12.8 Å². The van der Waals surface area contributed by atoms with Crippen molar-refractivity contribution in [2.24, 2.45) is 0 Å². The number of benzene rings is 1. The van der Waals surface area contributed by atoms with Crippen LogP contribution in [0.4, 0.5) is 5.69 Å². The van der Waals surface area contributed by atoms with Crippen LogP contribution in [0.5, 0.6) is 5.75 Å². The van der Waals surface area contributed by atoms with Crippen molar-refractivity contribution < 1.29 is 18.3 Å². The predicted octanol–water partition coefficient (Wildman–Crippen LogP) is 5.91. The second-order valence-corrected chi connectivity index (χ2v) is 8.71. The SMILES string of the molecule is COc1ccc(NP(=O)(OC2CCCCC2)OC2CCCCC2)cc1. The molecule has 0 heterocycles. The smallest absolute Gasteiger partial charge is 0.433 e. The molecule has 0 bridgehead atoms. The Kier molecular flexibility index (Phi) is 6.80. The van der Waals surface area contributed by atoms with Crippen LogP contribution in [-0.2, 0) is 13.6 Å². The Bertz CT molecular complexity index is 541. The number of anilines is 1. The maximum Gasteiger partial charge on any atom is 0.433 e. The zero-order valence-corrected chi connectivity index (χ0v) is 16.0. The van der Waals surface area contributed by atoms with Gasteiger partial charge in [0.15, 0.2) is 0 Å². The van der Waals surface area contributed by atoms with Crippen molar-refractivity contribution in [3.8, 4) is 5.75 Å². The van der Waals surface area contributed by atoms with Crippen LogP contribution >= 0.6 is 7.75 Å². The normalized spacial score (nSPS) is 20.4. The second kappa shape index (κ2) is 9.07. The Morgan fingerprint density at radius 2 is 1.32 bits per heavy atom. The Hall–Kier alpha value is -1.03. The van der Waals surface area contributed by atoms with Crippen molar-refractivity contribution in [2.75, 3.05) is 12.2 Å². The molecular formula is C19H30NO4P. The number of methoxy groups -OCH3 is 1. The number of rotatable bonds is 7. The molecule has 1 N–H and O–H groups in total. The molecule has 2 saturated carbocycles. The molecule has 1 aromatic rings. The van der Waals surface area contributed by atoms with Crippen LogP contribution in [0.3, 0.4) is 0 Å². The lowest BCUT2D eigenvalue weighted by molar-refractivity contribution is 0.0816. The van der Waals surface area contributed by atoms with Gasteiger partial charge in [0, 0.05) is 5.69 Å². The lowest BCUT2D eigenvalue weighted by atomic mass is 9.98. The third-order valence-corrected chi connectivity index (χ3v) is 6.72. The van der Waals surface area contributed by atoms with E-state index >= 15 is 0 Å². The van der Waals surface area contributed by atoms with E-state index in [0.717, 1.165) is 62.8 Å². The molecule has 0 radical (unpaired) electrons. The fraction of sp³-hybridized carbons (Fsp3) is 0.684. The molecule has 1 aromatic carbocycles. The van der Waals surface area contributed by atoms with Gasteiger partial charge < -0.3 is 4.74 Å². The fourth-order valence-electron chi connectivity index (χ4n) is 3.63. The number of hydrogen-bond donors (Lipinski definition) is 1. The van der Waals surface area contributed by atoms with E-state index in [2.05, 4.69) is 5.09 Å². The van der Waals surface area contributed by atoms with Crippen LogP contribution in [0, 0.1) is 0 Å². The van der Waals surface area contributed by atoms with Crippen molar-refractivity contribution in [3.05, 3.63) is 24.3 Å². The topological polar surface area (TPSA) is 56.8 Å². The minimum absolute atomic E-state index is 0.0222. The Morgan fingerprint density at radius 1 is 0.840 bits per heavy atom. The molecule has 2 fully saturated rings. The van der Waals surface area contributed by atoms with Crippen LogP contribution in [0.25, 0.3) is 0 Å². The van der Waals surface area contributed by atoms with Crippen molar-refractivity contribution in [3.63, 3.8) is 0 Å². The highest BCUT2D eigenvalue weighted by molar-refractivity contribution is 7.55. The quantitative estimate of drug-likeness (QED) is 0.607. The summed E-state index contributed by atoms with van der Waals surface area (Å²) in [6.07, 6.45) is 10.9. The first-order valence-corrected chi connectivity index (χ1v) is 11.1. The first-order chi connectivity index (χ1) is 12.2. The molecule has 0 amide bonds. The predicted molar refractivity (Wildman–Crippen MR) is 100 cm³/mol. The molecule has 2 aliphatic rings. The molecule has 2 aliphatic carbocycles. The monoisotopic (exact) mass is 367 g/mol. The number of ether oxygens (including phenoxy) is 1. The van der Waals surface area contributed by atoms with E-state index in [0.29, 0.717) is 0 Å². The summed E-state index contributed by atoms with van der Waals surface area (Å²) >= 11 is 0. The van der Waals surface area contributed by atoms with Gasteiger partial charge in [-0.15, -0.1) is 0 Å². The zero-order valence-electron chi connectivity index (χ0n) is 15.1. The van der Waals surface area contributed by atoms with Crippen molar-refractivity contribution in [1.29, 1.82) is 0 Å². The van der Waals surface area contributed by atoms with Crippen molar-refractivity contribution in [1.82, 2.24) is 0 Å². The standard InChI is InChI=1S/C19H30NO4P/c1-22-17-14-12-16(13-15-17)20-25(21,23-18-8-4-2-5-9-18)24-19-10-6-3-7-11-19/h12-15,18-19H,2-11H2,1H3,(H,20,21). The highest BCUT2D eigenvalue weighted by Gasteiger charge is 2.34. The summed E-state index contributed by atoms with van der Waals surface area (Å²) in [5.41, 5.74) is 0.732. The third kappa shape index (κ3) is 5.73. The van der Waals surface area contributed by atoms with Gasteiger partial charge in [-0.25, -0.2) is 4.57 Å². The zero-order chi connectivity index (χ0) is 17.5. The maximum absolute atomic E-state index is 13.5. The van der Waals surface area contributed by atoms with E-state index in [1.54, 1.807) is 7.11 Å². The summed E-state index contributed by atoms with van der Waals surface area (Å²) in [5.74, 6) is 0.766. The molecule has 140 valence electrons. The van der Waals surface area contributed by atoms with Gasteiger partial charge >= 0.3 is 7.75 Å². The Labute approximate surface area is 151 Å². The number of hydrogen-bond acceptors (Lipinski definition) is 4. The highest BCUT2D eigenvalue weighted by atomic mass is 31.2. The third-order valence-electron chi connectivity index (χ3n) is 5.04. The van der Waals surface area contributed by atoms with E-state index < -0.39 is 7.75 Å². The molecule has 0 atom stereocenters. The van der Waals surface area contributed by atoms with Crippen LogP contribution in [0.1, 0.15) is 64.2 Å². The molecular weight excluding hydrogens is 337 g/mol. The van der Waals surface area contributed by atoms with E-state index in [9.17, 15) is 4.57 Å². The molecule has 0 unspecified atom stereocenters. The van der Waals surface area contributed by atoms with Gasteiger partial charge in [-0.2, -0.15) is 0 Å². The van der Waals surface area contributed by atoms with Gasteiger partial charge in [0.25, 0.3) is 0 Å². The average Bonchev–Trinajstić information content (AvgIpc) is 2.64. The van der Waals surface area contributed by atoms with Gasteiger partial charge in [0.2, 0.25) is 0 Å². The minimum Gasteiger partial charge on any atom is -0.497 e. The Morgan fingerprint density at radius 3 is 1.76 bits per heavy atom. The minimum atomic E-state index is -3.39. The summed E-state index contributed by atoms with van der Waals surface area (Å²) in [5, 5.41) is 3.06. The highest BCUT2D eigenvalue weighted by Crippen LogP contribution is 2.53. The molecule has 25 heavy (non-hydrogen) atoms. The van der Waals surface area contributed by atoms with Gasteiger partial charge in [-0.1, -0.05) is 38.5 Å². The van der Waals surface area contributed by atoms with E-state index in [1.807, 2.05) is 24.3 Å². The van der Waals surface area contributed by atoms with Gasteiger partial charge in [-0.05, 0) is 49.9 Å². The lowest BCUT2D eigenvalue weighted by Crippen LogP contribution is -2.22. The lowest BCUT2D eigenvalue weighted by Gasteiger charge is -2.31. The van der Waals surface area contributed by atoms with Crippen LogP contribution in [-0.4, -0.2) is 19.3 Å². The molecule has 0 aliphatic heterocycles. The molecule has 0 spiro atoms. The average molecular weight is 367 g/mol. The summed E-state index contributed by atoms with van der Waals surface area (Å²) in [7, 11) is -1.76. The Balaban J connectivity index is 1.70. The first kappa shape index (κ1) is 18.8. The maximum atomic E-state index is 13.5. The van der Waals surface area contributed by atoms with Crippen molar-refractivity contribution in [2.45, 2.75) is 76.4 Å². The summed E-state index contributed by atoms with van der Waals surface area (Å²) < 4.78 is 30.7. The largest absolute Gasteiger partial charge is 0.497 e. The molecule has 6 heteroatoms. The summed E-state index contributed by atoms with van der Waals surface area (Å²) in [6, 6.07) is 7.38. The number of nitrogens with one attached hydrogen (secondary N) is 1. The molecule has 0 saturated heterocycles. The first-order valence-electron chi connectivity index (χ1n) is 9.56. The molecule has 0 aromatic heterocycles. The van der Waals surface area contributed by atoms with Gasteiger partial charge in [0.1, 0.15) is 5.75 Å². The summed E-state index contributed by atoms with van der Waals surface area (Å²) in [6.45, 7) is 0. The molecule has 5 nitrogen and oxygen atoms in total. The summed E-state index contributed by atoms with van der Waals surface area (Å²) in [4.78, 5) is 0. The van der Waals surface area contributed by atoms with Crippen LogP contribution in [0.2, 0.25) is 0 Å². The van der Waals surface area contributed by atoms with E-state index in [4.69, 9.17) is 13.8 Å². The second-order valence-electron chi connectivity index (χ2n) is 7.07. The van der Waals surface area contributed by atoms with Crippen molar-refractivity contribution >= 4 is 13.4 Å². The van der Waals surface area contributed by atoms with Crippen LogP contribution < -0.4 is 9.82 Å². The van der Waals surface area contributed by atoms with Crippen LogP contribution in [0.15, 0.2) is 24.3 Å².